The molecule has 1 amide bonds. The fourth-order valence-electron chi connectivity index (χ4n) is 3.19. The Morgan fingerprint density at radius 1 is 0.848 bits per heavy atom. The third kappa shape index (κ3) is 5.09. The van der Waals surface area contributed by atoms with E-state index in [1.165, 1.54) is 24.3 Å². The van der Waals surface area contributed by atoms with Gasteiger partial charge in [0.25, 0.3) is 5.91 Å². The Kier molecular flexibility index (Phi) is 6.20. The number of benzene rings is 4. The van der Waals surface area contributed by atoms with Gasteiger partial charge in [0.05, 0.1) is 0 Å². The lowest BCUT2D eigenvalue weighted by atomic mass is 10.1. The molecule has 4 aromatic carbocycles. The number of carbonyl (C=O) groups is 1. The zero-order chi connectivity index (χ0) is 23.3. The van der Waals surface area contributed by atoms with Crippen molar-refractivity contribution >= 4 is 38.6 Å². The predicted molar refractivity (Wildman–Crippen MR) is 127 cm³/mol. The lowest BCUT2D eigenvalue weighted by molar-refractivity contribution is -0.112. The van der Waals surface area contributed by atoms with Gasteiger partial charge >= 0.3 is 10.1 Å². The summed E-state index contributed by atoms with van der Waals surface area (Å²) in [6.45, 7) is 0. The van der Waals surface area contributed by atoms with Crippen LogP contribution >= 0.6 is 0 Å². The van der Waals surface area contributed by atoms with Crippen molar-refractivity contribution in [1.29, 1.82) is 5.26 Å². The van der Waals surface area contributed by atoms with Gasteiger partial charge in [-0.15, -0.1) is 0 Å². The van der Waals surface area contributed by atoms with Crippen LogP contribution in [0.2, 0.25) is 0 Å². The fraction of sp³-hybridized carbons (Fsp3) is 0. The van der Waals surface area contributed by atoms with Crippen LogP contribution in [0.5, 0.6) is 5.75 Å². The van der Waals surface area contributed by atoms with Crippen LogP contribution in [0, 0.1) is 11.3 Å². The monoisotopic (exact) mass is 454 g/mol. The summed E-state index contributed by atoms with van der Waals surface area (Å²) in [5.41, 5.74) is 0.617. The highest BCUT2D eigenvalue weighted by molar-refractivity contribution is 7.87. The number of amides is 1. The van der Waals surface area contributed by atoms with Crippen molar-refractivity contribution in [1.82, 2.24) is 0 Å². The second kappa shape index (κ2) is 9.39. The molecule has 0 aliphatic rings. The van der Waals surface area contributed by atoms with Crippen molar-refractivity contribution in [2.75, 3.05) is 5.32 Å². The van der Waals surface area contributed by atoms with Gasteiger partial charge in [-0.3, -0.25) is 4.79 Å². The molecule has 0 aromatic heterocycles. The molecule has 4 aromatic rings. The van der Waals surface area contributed by atoms with Crippen molar-refractivity contribution in [2.24, 2.45) is 0 Å². The summed E-state index contributed by atoms with van der Waals surface area (Å²) in [6, 6.07) is 29.0. The number of rotatable bonds is 6. The van der Waals surface area contributed by atoms with Gasteiger partial charge < -0.3 is 9.50 Å². The Bertz CT molecular complexity index is 1500. The molecule has 7 heteroatoms. The van der Waals surface area contributed by atoms with Crippen LogP contribution in [-0.2, 0) is 14.9 Å². The molecule has 4 rings (SSSR count). The smallest absolute Gasteiger partial charge is 0.339 e. The van der Waals surface area contributed by atoms with Crippen LogP contribution < -0.4 is 9.50 Å². The first kappa shape index (κ1) is 21.8. The minimum atomic E-state index is -4.15. The van der Waals surface area contributed by atoms with E-state index in [-0.39, 0.29) is 21.8 Å². The minimum absolute atomic E-state index is 0.00214. The normalized spacial score (nSPS) is 11.5. The van der Waals surface area contributed by atoms with E-state index >= 15 is 0 Å². The van der Waals surface area contributed by atoms with E-state index in [0.717, 1.165) is 10.8 Å². The van der Waals surface area contributed by atoms with E-state index in [9.17, 15) is 18.5 Å². The maximum absolute atomic E-state index is 12.9. The first-order valence-electron chi connectivity index (χ1n) is 9.97. The number of nitriles is 1. The molecule has 0 fully saturated rings. The average molecular weight is 455 g/mol. The predicted octanol–water partition coefficient (Wildman–Crippen LogP) is 5.15. The van der Waals surface area contributed by atoms with E-state index in [4.69, 9.17) is 4.18 Å². The maximum atomic E-state index is 12.9. The van der Waals surface area contributed by atoms with E-state index in [2.05, 4.69) is 5.32 Å². The number of para-hydroxylation sites is 2. The highest BCUT2D eigenvalue weighted by Gasteiger charge is 2.19. The van der Waals surface area contributed by atoms with Crippen LogP contribution in [0.25, 0.3) is 16.8 Å². The second-order valence-corrected chi connectivity index (χ2v) is 8.62. The van der Waals surface area contributed by atoms with Gasteiger partial charge in [-0.1, -0.05) is 66.7 Å². The molecule has 0 saturated carbocycles. The minimum Gasteiger partial charge on any atom is -0.378 e. The van der Waals surface area contributed by atoms with Gasteiger partial charge in [-0.2, -0.15) is 13.7 Å². The largest absolute Gasteiger partial charge is 0.378 e. The molecule has 0 bridgehead atoms. The van der Waals surface area contributed by atoms with Gasteiger partial charge in [0, 0.05) is 11.3 Å². The Morgan fingerprint density at radius 3 is 2.27 bits per heavy atom. The molecule has 0 unspecified atom stereocenters. The Morgan fingerprint density at radius 2 is 1.52 bits per heavy atom. The van der Waals surface area contributed by atoms with Gasteiger partial charge in [0.2, 0.25) is 0 Å². The SMILES string of the molecule is N#C/C(=C\c1ccccc1OS(=O)(=O)c1ccc2ccccc2c1)C(=O)Nc1ccccc1. The van der Waals surface area contributed by atoms with E-state index in [1.54, 1.807) is 54.6 Å². The van der Waals surface area contributed by atoms with Gasteiger partial charge in [0.1, 0.15) is 22.3 Å². The highest BCUT2D eigenvalue weighted by atomic mass is 32.2. The van der Waals surface area contributed by atoms with Crippen LogP contribution in [0.3, 0.4) is 0 Å². The summed E-state index contributed by atoms with van der Waals surface area (Å²) in [6.07, 6.45) is 1.30. The summed E-state index contributed by atoms with van der Waals surface area (Å²) in [5.74, 6) is -0.609. The number of carbonyl (C=O) groups excluding carboxylic acids is 1. The molecular formula is C26H18N2O4S. The van der Waals surface area contributed by atoms with Crippen molar-refractivity contribution in [3.05, 3.63) is 108 Å². The number of anilines is 1. The van der Waals surface area contributed by atoms with Crippen LogP contribution in [0.15, 0.2) is 108 Å². The lowest BCUT2D eigenvalue weighted by Gasteiger charge is -2.11. The molecule has 33 heavy (non-hydrogen) atoms. The zero-order valence-corrected chi connectivity index (χ0v) is 18.1. The Labute approximate surface area is 191 Å². The van der Waals surface area contributed by atoms with Crippen LogP contribution in [-0.4, -0.2) is 14.3 Å². The summed E-state index contributed by atoms with van der Waals surface area (Å²) < 4.78 is 31.3. The average Bonchev–Trinajstić information content (AvgIpc) is 2.83. The van der Waals surface area contributed by atoms with Crippen LogP contribution in [0.4, 0.5) is 5.69 Å². The number of nitrogens with zero attached hydrogens (tertiary/aromatic N) is 1. The number of fused-ring (bicyclic) bond motifs is 1. The molecule has 0 aliphatic carbocycles. The maximum Gasteiger partial charge on any atom is 0.339 e. The quantitative estimate of drug-likeness (QED) is 0.247. The standard InChI is InChI=1S/C26H18N2O4S/c27-18-22(26(29)28-23-11-2-1-3-12-23)16-21-10-6-7-13-25(21)32-33(30,31)24-15-14-19-8-4-5-9-20(19)17-24/h1-17H,(H,28,29)/b22-16+. The first-order valence-corrected chi connectivity index (χ1v) is 11.4. The number of nitrogens with one attached hydrogen (secondary N) is 1. The molecule has 6 nitrogen and oxygen atoms in total. The molecule has 0 aliphatic heterocycles. The number of hydrogen-bond donors (Lipinski definition) is 1. The Balaban J connectivity index is 1.63. The van der Waals surface area contributed by atoms with E-state index in [1.807, 2.05) is 30.3 Å². The highest BCUT2D eigenvalue weighted by Crippen LogP contribution is 2.27. The van der Waals surface area contributed by atoms with Crippen molar-refractivity contribution in [3.63, 3.8) is 0 Å². The third-order valence-corrected chi connectivity index (χ3v) is 6.05. The summed E-state index contributed by atoms with van der Waals surface area (Å²) in [5, 5.41) is 13.8. The van der Waals surface area contributed by atoms with Gasteiger partial charge in [-0.25, -0.2) is 0 Å². The molecule has 0 spiro atoms. The summed E-state index contributed by atoms with van der Waals surface area (Å²) in [4.78, 5) is 12.5. The molecule has 0 radical (unpaired) electrons. The molecule has 162 valence electrons. The molecular weight excluding hydrogens is 436 g/mol. The molecule has 0 heterocycles. The van der Waals surface area contributed by atoms with Crippen LogP contribution in [0.1, 0.15) is 5.56 Å². The molecule has 0 saturated heterocycles. The summed E-state index contributed by atoms with van der Waals surface area (Å²) >= 11 is 0. The number of hydrogen-bond acceptors (Lipinski definition) is 5. The van der Waals surface area contributed by atoms with E-state index < -0.39 is 16.0 Å². The van der Waals surface area contributed by atoms with Gasteiger partial charge in [0.15, 0.2) is 0 Å². The van der Waals surface area contributed by atoms with Crippen molar-refractivity contribution in [3.8, 4) is 11.8 Å². The van der Waals surface area contributed by atoms with Gasteiger partial charge in [-0.05, 0) is 47.2 Å². The lowest BCUT2D eigenvalue weighted by Crippen LogP contribution is -2.13. The van der Waals surface area contributed by atoms with E-state index in [0.29, 0.717) is 5.69 Å². The van der Waals surface area contributed by atoms with Crippen molar-refractivity contribution in [2.45, 2.75) is 4.90 Å². The second-order valence-electron chi connectivity index (χ2n) is 7.07. The molecule has 1 N–H and O–H groups in total. The fourth-order valence-corrected chi connectivity index (χ4v) is 4.18. The first-order chi connectivity index (χ1) is 16.0. The summed E-state index contributed by atoms with van der Waals surface area (Å²) in [7, 11) is -4.15. The topological polar surface area (TPSA) is 96.3 Å². The Hall–Kier alpha value is -4.41. The molecule has 0 atom stereocenters. The third-order valence-electron chi connectivity index (χ3n) is 4.82. The van der Waals surface area contributed by atoms with Crippen molar-refractivity contribution < 1.29 is 17.4 Å². The zero-order valence-electron chi connectivity index (χ0n) is 17.3.